The number of amides is 1. The van der Waals surface area contributed by atoms with E-state index < -0.39 is 0 Å². The maximum Gasteiger partial charge on any atom is 0.231 e. The van der Waals surface area contributed by atoms with E-state index in [0.29, 0.717) is 12.4 Å². The van der Waals surface area contributed by atoms with Gasteiger partial charge < -0.3 is 10.1 Å². The number of carbonyl (C=O) groups excluding carboxylic acids is 1. The van der Waals surface area contributed by atoms with Crippen LogP contribution in [-0.2, 0) is 11.2 Å². The first-order chi connectivity index (χ1) is 16.6. The van der Waals surface area contributed by atoms with Gasteiger partial charge in [0, 0.05) is 17.1 Å². The zero-order valence-electron chi connectivity index (χ0n) is 19.0. The van der Waals surface area contributed by atoms with Crippen molar-refractivity contribution in [1.29, 1.82) is 0 Å². The molecule has 0 saturated heterocycles. The molecule has 5 rings (SSSR count). The van der Waals surface area contributed by atoms with E-state index in [2.05, 4.69) is 5.32 Å². The Labute approximate surface area is 201 Å². The highest BCUT2D eigenvalue weighted by molar-refractivity contribution is 7.13. The highest BCUT2D eigenvalue weighted by Gasteiger charge is 2.18. The lowest BCUT2D eigenvalue weighted by atomic mass is 10.1. The topological polar surface area (TPSA) is 68.5 Å². The van der Waals surface area contributed by atoms with Crippen LogP contribution in [0, 0.1) is 6.92 Å². The summed E-state index contributed by atoms with van der Waals surface area (Å²) in [7, 11) is 0. The summed E-state index contributed by atoms with van der Waals surface area (Å²) in [6, 6.07) is 21.7. The van der Waals surface area contributed by atoms with Gasteiger partial charge in [-0.1, -0.05) is 42.5 Å². The van der Waals surface area contributed by atoms with Gasteiger partial charge in [-0.15, -0.1) is 11.3 Å². The quantitative estimate of drug-likeness (QED) is 0.317. The summed E-state index contributed by atoms with van der Waals surface area (Å²) >= 11 is 1.51. The molecule has 0 aliphatic rings. The van der Waals surface area contributed by atoms with Gasteiger partial charge in [-0.05, 0) is 43.7 Å². The second-order valence-corrected chi connectivity index (χ2v) is 8.76. The van der Waals surface area contributed by atoms with Crippen molar-refractivity contribution in [3.8, 4) is 27.6 Å². The average Bonchev–Trinajstić information content (AvgIpc) is 3.44. The third kappa shape index (κ3) is 4.43. The fraction of sp³-hybridized carbons (Fsp3) is 0.148. The Morgan fingerprint density at radius 1 is 1.06 bits per heavy atom. The molecular formula is C27H24N4O2S. The third-order valence-electron chi connectivity index (χ3n) is 5.40. The van der Waals surface area contributed by atoms with Gasteiger partial charge in [0.2, 0.25) is 5.91 Å². The third-order valence-corrected chi connectivity index (χ3v) is 6.32. The maximum atomic E-state index is 13.1. The number of hydrogen-bond donors (Lipinski definition) is 1. The Morgan fingerprint density at radius 2 is 1.85 bits per heavy atom. The number of para-hydroxylation sites is 1. The predicted molar refractivity (Wildman–Crippen MR) is 136 cm³/mol. The number of pyridine rings is 1. The fourth-order valence-corrected chi connectivity index (χ4v) is 4.69. The molecule has 0 fully saturated rings. The highest BCUT2D eigenvalue weighted by atomic mass is 32.1. The number of thiazole rings is 1. The molecule has 1 N–H and O–H groups in total. The number of carbonyl (C=O) groups is 1. The normalized spacial score (nSPS) is 11.0. The molecule has 7 heteroatoms. The molecule has 0 unspecified atom stereocenters. The minimum atomic E-state index is -0.144. The molecule has 0 saturated carbocycles. The van der Waals surface area contributed by atoms with Crippen LogP contribution in [0.25, 0.3) is 27.5 Å². The van der Waals surface area contributed by atoms with E-state index in [4.69, 9.17) is 14.7 Å². The van der Waals surface area contributed by atoms with Gasteiger partial charge in [0.05, 0.1) is 24.3 Å². The number of aryl methyl sites for hydroxylation is 1. The van der Waals surface area contributed by atoms with Crippen LogP contribution in [0.5, 0.6) is 5.75 Å². The monoisotopic (exact) mass is 468 g/mol. The first-order valence-electron chi connectivity index (χ1n) is 11.1. The van der Waals surface area contributed by atoms with E-state index in [1.807, 2.05) is 96.6 Å². The van der Waals surface area contributed by atoms with E-state index in [-0.39, 0.29) is 12.3 Å². The number of imidazole rings is 1. The molecule has 2 aromatic carbocycles. The predicted octanol–water partition coefficient (Wildman–Crippen LogP) is 6.01. The Morgan fingerprint density at radius 3 is 2.68 bits per heavy atom. The lowest BCUT2D eigenvalue weighted by molar-refractivity contribution is -0.115. The van der Waals surface area contributed by atoms with Crippen molar-refractivity contribution in [2.75, 3.05) is 11.9 Å². The van der Waals surface area contributed by atoms with Crippen LogP contribution in [0.15, 0.2) is 78.3 Å². The largest absolute Gasteiger partial charge is 0.493 e. The Bertz CT molecular complexity index is 1460. The van der Waals surface area contributed by atoms with Gasteiger partial charge in [0.25, 0.3) is 0 Å². The first kappa shape index (κ1) is 21.9. The standard InChI is InChI=1S/C27H24N4O2S/c1-3-33-22-12-8-7-11-21(22)27-28-20(17-34-27)16-24(32)30-26-25(19-9-5-4-6-10-19)29-23-15-18(2)13-14-31(23)26/h4-15,17H,3,16H2,1-2H3,(H,30,32). The number of fused-ring (bicyclic) bond motifs is 1. The van der Waals surface area contributed by atoms with Crippen LogP contribution < -0.4 is 10.1 Å². The van der Waals surface area contributed by atoms with Crippen LogP contribution in [-0.4, -0.2) is 26.9 Å². The van der Waals surface area contributed by atoms with Crippen LogP contribution in [0.3, 0.4) is 0 Å². The van der Waals surface area contributed by atoms with E-state index >= 15 is 0 Å². The van der Waals surface area contributed by atoms with E-state index in [1.54, 1.807) is 0 Å². The van der Waals surface area contributed by atoms with Crippen LogP contribution >= 0.6 is 11.3 Å². The number of benzene rings is 2. The van der Waals surface area contributed by atoms with Crippen molar-refractivity contribution >= 4 is 28.7 Å². The molecule has 5 aromatic rings. The molecule has 6 nitrogen and oxygen atoms in total. The molecule has 34 heavy (non-hydrogen) atoms. The summed E-state index contributed by atoms with van der Waals surface area (Å²) in [5, 5.41) is 5.84. The number of anilines is 1. The molecule has 0 radical (unpaired) electrons. The summed E-state index contributed by atoms with van der Waals surface area (Å²) in [6.45, 7) is 4.57. The zero-order chi connectivity index (χ0) is 23.5. The number of hydrogen-bond acceptors (Lipinski definition) is 5. The number of ether oxygens (including phenoxy) is 1. The zero-order valence-corrected chi connectivity index (χ0v) is 19.8. The molecule has 1 amide bonds. The summed E-state index contributed by atoms with van der Waals surface area (Å²) < 4.78 is 7.65. The highest BCUT2D eigenvalue weighted by Crippen LogP contribution is 2.33. The van der Waals surface area contributed by atoms with Gasteiger partial charge in [-0.25, -0.2) is 9.97 Å². The van der Waals surface area contributed by atoms with Crippen LogP contribution in [0.2, 0.25) is 0 Å². The van der Waals surface area contributed by atoms with Crippen molar-refractivity contribution in [3.05, 3.63) is 89.6 Å². The lowest BCUT2D eigenvalue weighted by Crippen LogP contribution is -2.16. The molecule has 0 aliphatic heterocycles. The van der Waals surface area contributed by atoms with Crippen LogP contribution in [0.4, 0.5) is 5.82 Å². The summed E-state index contributed by atoms with van der Waals surface area (Å²) in [4.78, 5) is 22.6. The van der Waals surface area contributed by atoms with E-state index in [1.165, 1.54) is 11.3 Å². The van der Waals surface area contributed by atoms with Gasteiger partial charge in [-0.3, -0.25) is 9.20 Å². The second-order valence-electron chi connectivity index (χ2n) is 7.91. The Balaban J connectivity index is 1.41. The molecule has 170 valence electrons. The molecule has 0 spiro atoms. The van der Waals surface area contributed by atoms with Crippen molar-refractivity contribution in [2.45, 2.75) is 20.3 Å². The van der Waals surface area contributed by atoms with E-state index in [9.17, 15) is 4.79 Å². The molecule has 0 bridgehead atoms. The average molecular weight is 469 g/mol. The SMILES string of the molecule is CCOc1ccccc1-c1nc(CC(=O)Nc2c(-c3ccccc3)nc3cc(C)ccn23)cs1. The molecule has 3 aromatic heterocycles. The van der Waals surface area contributed by atoms with Crippen molar-refractivity contribution < 1.29 is 9.53 Å². The molecule has 3 heterocycles. The van der Waals surface area contributed by atoms with Crippen molar-refractivity contribution in [1.82, 2.24) is 14.4 Å². The van der Waals surface area contributed by atoms with Gasteiger partial charge in [0.1, 0.15) is 27.9 Å². The summed E-state index contributed by atoms with van der Waals surface area (Å²) in [6.07, 6.45) is 2.10. The van der Waals surface area contributed by atoms with E-state index in [0.717, 1.165) is 44.5 Å². The van der Waals surface area contributed by atoms with Gasteiger partial charge in [-0.2, -0.15) is 0 Å². The number of nitrogens with one attached hydrogen (secondary N) is 1. The minimum Gasteiger partial charge on any atom is -0.493 e. The number of aromatic nitrogens is 3. The number of nitrogens with zero attached hydrogens (tertiary/aromatic N) is 3. The van der Waals surface area contributed by atoms with Gasteiger partial charge >= 0.3 is 0 Å². The van der Waals surface area contributed by atoms with Crippen LogP contribution in [0.1, 0.15) is 18.2 Å². The number of rotatable bonds is 7. The molecule has 0 atom stereocenters. The molecule has 0 aliphatic carbocycles. The maximum absolute atomic E-state index is 13.1. The fourth-order valence-electron chi connectivity index (χ4n) is 3.84. The Hall–Kier alpha value is -3.97. The smallest absolute Gasteiger partial charge is 0.231 e. The molecular weight excluding hydrogens is 444 g/mol. The summed E-state index contributed by atoms with van der Waals surface area (Å²) in [5.74, 6) is 1.31. The summed E-state index contributed by atoms with van der Waals surface area (Å²) in [5.41, 5.74) is 5.24. The van der Waals surface area contributed by atoms with Crippen molar-refractivity contribution in [2.24, 2.45) is 0 Å². The van der Waals surface area contributed by atoms with Gasteiger partial charge in [0.15, 0.2) is 0 Å². The second kappa shape index (κ2) is 9.49. The lowest BCUT2D eigenvalue weighted by Gasteiger charge is -2.08. The minimum absolute atomic E-state index is 0.144. The first-order valence-corrected chi connectivity index (χ1v) is 12.0. The van der Waals surface area contributed by atoms with Crippen molar-refractivity contribution in [3.63, 3.8) is 0 Å². The Kier molecular flexibility index (Phi) is 6.10.